The van der Waals surface area contributed by atoms with Crippen LogP contribution in [0.3, 0.4) is 0 Å². The SMILES string of the molecule is C=CC[P+](CCCCCCCC)(CCCCCCCC)CCCCCCCC. The highest BCUT2D eigenvalue weighted by Gasteiger charge is 2.34. The summed E-state index contributed by atoms with van der Waals surface area (Å²) in [6.45, 7) is 11.1. The number of rotatable bonds is 23. The molecule has 0 saturated heterocycles. The summed E-state index contributed by atoms with van der Waals surface area (Å²) in [5.41, 5.74) is 0. The van der Waals surface area contributed by atoms with Crippen LogP contribution in [0, 0.1) is 0 Å². The Hall–Kier alpha value is 0.170. The minimum absolute atomic E-state index is 0.781. The largest absolute Gasteiger partial charge is 0.0995 e. The van der Waals surface area contributed by atoms with Gasteiger partial charge in [0.05, 0.1) is 24.6 Å². The van der Waals surface area contributed by atoms with Gasteiger partial charge in [-0.05, 0) is 38.5 Å². The smallest absolute Gasteiger partial charge is 0.0771 e. The number of hydrogen-bond donors (Lipinski definition) is 0. The van der Waals surface area contributed by atoms with Crippen molar-refractivity contribution in [1.82, 2.24) is 0 Å². The van der Waals surface area contributed by atoms with Crippen molar-refractivity contribution in [1.29, 1.82) is 0 Å². The molecule has 0 rings (SSSR count). The van der Waals surface area contributed by atoms with Crippen molar-refractivity contribution in [3.05, 3.63) is 12.7 Å². The summed E-state index contributed by atoms with van der Waals surface area (Å²) in [6.07, 6.45) is 34.4. The highest BCUT2D eigenvalue weighted by atomic mass is 31.2. The Balaban J connectivity index is 4.41. The van der Waals surface area contributed by atoms with Crippen LogP contribution in [0.2, 0.25) is 0 Å². The molecule has 0 amide bonds. The van der Waals surface area contributed by atoms with Crippen LogP contribution in [0.25, 0.3) is 0 Å². The Labute approximate surface area is 181 Å². The van der Waals surface area contributed by atoms with Gasteiger partial charge in [0.2, 0.25) is 0 Å². The van der Waals surface area contributed by atoms with Gasteiger partial charge in [-0.3, -0.25) is 0 Å². The van der Waals surface area contributed by atoms with Crippen LogP contribution in [0.5, 0.6) is 0 Å². The molecule has 0 heterocycles. The van der Waals surface area contributed by atoms with Crippen molar-refractivity contribution in [2.75, 3.05) is 24.6 Å². The van der Waals surface area contributed by atoms with Crippen LogP contribution in [0.1, 0.15) is 136 Å². The molecule has 0 aromatic heterocycles. The molecule has 0 radical (unpaired) electrons. The molecule has 0 aromatic rings. The predicted octanol–water partition coefficient (Wildman–Crippen LogP) is 10.3. The molecular weight excluding hydrogens is 355 g/mol. The number of allylic oxidation sites excluding steroid dienone is 1. The van der Waals surface area contributed by atoms with Gasteiger partial charge in [-0.2, -0.15) is 0 Å². The van der Waals surface area contributed by atoms with E-state index in [-0.39, 0.29) is 0 Å². The highest BCUT2D eigenvalue weighted by Crippen LogP contribution is 2.60. The van der Waals surface area contributed by atoms with Crippen LogP contribution in [0.15, 0.2) is 12.7 Å². The van der Waals surface area contributed by atoms with Crippen molar-refractivity contribution < 1.29 is 0 Å². The van der Waals surface area contributed by atoms with E-state index in [2.05, 4.69) is 33.4 Å². The number of unbranched alkanes of at least 4 members (excludes halogenated alkanes) is 15. The van der Waals surface area contributed by atoms with Gasteiger partial charge in [0.1, 0.15) is 0 Å². The van der Waals surface area contributed by atoms with Crippen molar-refractivity contribution in [3.63, 3.8) is 0 Å². The van der Waals surface area contributed by atoms with Gasteiger partial charge in [0.25, 0.3) is 0 Å². The van der Waals surface area contributed by atoms with Gasteiger partial charge in [0.15, 0.2) is 0 Å². The second-order valence-corrected chi connectivity index (χ2v) is 13.7. The fourth-order valence-corrected chi connectivity index (χ4v) is 9.02. The molecule has 0 aromatic carbocycles. The van der Waals surface area contributed by atoms with E-state index >= 15 is 0 Å². The second-order valence-electron chi connectivity index (χ2n) is 9.29. The van der Waals surface area contributed by atoms with Crippen molar-refractivity contribution in [2.24, 2.45) is 0 Å². The lowest BCUT2D eigenvalue weighted by Gasteiger charge is -2.27. The minimum atomic E-state index is -0.781. The van der Waals surface area contributed by atoms with E-state index in [4.69, 9.17) is 0 Å². The molecule has 0 fully saturated rings. The topological polar surface area (TPSA) is 0 Å². The fourth-order valence-electron chi connectivity index (χ4n) is 4.57. The Morgan fingerprint density at radius 3 is 1.04 bits per heavy atom. The lowest BCUT2D eigenvalue weighted by atomic mass is 10.1. The maximum atomic E-state index is 4.18. The first-order valence-corrected chi connectivity index (χ1v) is 15.7. The van der Waals surface area contributed by atoms with Gasteiger partial charge in [-0.25, -0.2) is 0 Å². The maximum absolute atomic E-state index is 4.18. The summed E-state index contributed by atoms with van der Waals surface area (Å²) in [5.74, 6) is 0. The molecule has 28 heavy (non-hydrogen) atoms. The quantitative estimate of drug-likeness (QED) is 0.0890. The normalized spacial score (nSPS) is 11.8. The van der Waals surface area contributed by atoms with Crippen LogP contribution in [-0.4, -0.2) is 24.6 Å². The molecule has 0 aliphatic rings. The molecule has 168 valence electrons. The van der Waals surface area contributed by atoms with E-state index in [1.54, 1.807) is 18.5 Å². The van der Waals surface area contributed by atoms with E-state index in [9.17, 15) is 0 Å². The van der Waals surface area contributed by atoms with Crippen molar-refractivity contribution in [2.45, 2.75) is 136 Å². The van der Waals surface area contributed by atoms with Crippen LogP contribution in [0.4, 0.5) is 0 Å². The fraction of sp³-hybridized carbons (Fsp3) is 0.926. The summed E-state index contributed by atoms with van der Waals surface area (Å²) in [6, 6.07) is 0. The zero-order valence-corrected chi connectivity index (χ0v) is 21.2. The molecule has 0 aliphatic heterocycles. The molecular formula is C27H56P+. The van der Waals surface area contributed by atoms with Gasteiger partial charge < -0.3 is 0 Å². The molecule has 0 spiro atoms. The summed E-state index contributed by atoms with van der Waals surface area (Å²) in [7, 11) is -0.781. The first-order valence-electron chi connectivity index (χ1n) is 13.2. The molecule has 0 N–H and O–H groups in total. The Morgan fingerprint density at radius 1 is 0.464 bits per heavy atom. The van der Waals surface area contributed by atoms with Gasteiger partial charge >= 0.3 is 0 Å². The van der Waals surface area contributed by atoms with Crippen LogP contribution < -0.4 is 0 Å². The third-order valence-electron chi connectivity index (χ3n) is 6.47. The van der Waals surface area contributed by atoms with E-state index in [1.165, 1.54) is 122 Å². The third kappa shape index (κ3) is 17.1. The summed E-state index contributed by atoms with van der Waals surface area (Å²) in [4.78, 5) is 0. The average molecular weight is 412 g/mol. The van der Waals surface area contributed by atoms with E-state index < -0.39 is 7.26 Å². The third-order valence-corrected chi connectivity index (χ3v) is 11.3. The number of hydrogen-bond acceptors (Lipinski definition) is 0. The summed E-state index contributed by atoms with van der Waals surface area (Å²) in [5, 5.41) is 0. The lowest BCUT2D eigenvalue weighted by molar-refractivity contribution is 0.616. The van der Waals surface area contributed by atoms with E-state index in [0.29, 0.717) is 0 Å². The van der Waals surface area contributed by atoms with Crippen molar-refractivity contribution in [3.8, 4) is 0 Å². The van der Waals surface area contributed by atoms with Crippen LogP contribution >= 0.6 is 7.26 Å². The zero-order chi connectivity index (χ0) is 20.8. The molecule has 0 bridgehead atoms. The van der Waals surface area contributed by atoms with E-state index in [1.807, 2.05) is 0 Å². The maximum Gasteiger partial charge on any atom is 0.0771 e. The van der Waals surface area contributed by atoms with Gasteiger partial charge in [0, 0.05) is 7.26 Å². The summed E-state index contributed by atoms with van der Waals surface area (Å²) < 4.78 is 0. The molecule has 1 heteroatoms. The van der Waals surface area contributed by atoms with Crippen LogP contribution in [-0.2, 0) is 0 Å². The first-order chi connectivity index (χ1) is 13.7. The molecule has 0 nitrogen and oxygen atoms in total. The Kier molecular flexibility index (Phi) is 22.0. The zero-order valence-electron chi connectivity index (χ0n) is 20.3. The van der Waals surface area contributed by atoms with Crippen molar-refractivity contribution >= 4 is 7.26 Å². The molecule has 0 atom stereocenters. The Morgan fingerprint density at radius 2 is 0.750 bits per heavy atom. The second kappa shape index (κ2) is 21.9. The van der Waals surface area contributed by atoms with Gasteiger partial charge in [-0.1, -0.05) is 110 Å². The minimum Gasteiger partial charge on any atom is -0.0995 e. The highest BCUT2D eigenvalue weighted by molar-refractivity contribution is 7.76. The predicted molar refractivity (Wildman–Crippen MR) is 137 cm³/mol. The first kappa shape index (κ1) is 28.2. The van der Waals surface area contributed by atoms with Gasteiger partial charge in [-0.15, -0.1) is 0 Å². The molecule has 0 aliphatic carbocycles. The monoisotopic (exact) mass is 411 g/mol. The standard InChI is InChI=1S/C27H56P/c1-5-9-12-15-18-21-25-28(24-8-4,26-22-19-16-13-10-6-2)27-23-20-17-14-11-7-3/h8H,4-7,9-27H2,1-3H3/q+1. The Bertz CT molecular complexity index is 269. The lowest BCUT2D eigenvalue weighted by Crippen LogP contribution is -2.12. The molecule has 0 saturated carbocycles. The van der Waals surface area contributed by atoms with E-state index in [0.717, 1.165) is 0 Å². The summed E-state index contributed by atoms with van der Waals surface area (Å²) >= 11 is 0. The molecule has 0 unspecified atom stereocenters. The average Bonchev–Trinajstić information content (AvgIpc) is 2.70.